The fourth-order valence-electron chi connectivity index (χ4n) is 2.24. The molecule has 1 N–H and O–H groups in total. The minimum absolute atomic E-state index is 0.295. The lowest BCUT2D eigenvalue weighted by molar-refractivity contribution is -0.138. The molecule has 0 saturated heterocycles. The van der Waals surface area contributed by atoms with Gasteiger partial charge in [-0.1, -0.05) is 6.92 Å². The van der Waals surface area contributed by atoms with Crippen molar-refractivity contribution in [3.8, 4) is 0 Å². The van der Waals surface area contributed by atoms with Gasteiger partial charge in [-0.15, -0.1) is 0 Å². The molecule has 0 spiro atoms. The molecule has 1 amide bonds. The van der Waals surface area contributed by atoms with Gasteiger partial charge in [-0.05, 0) is 52.0 Å². The Balaban J connectivity index is 1.97. The van der Waals surface area contributed by atoms with Crippen molar-refractivity contribution in [3.63, 3.8) is 0 Å². The van der Waals surface area contributed by atoms with E-state index in [2.05, 4.69) is 17.1 Å². The van der Waals surface area contributed by atoms with Crippen LogP contribution in [-0.4, -0.2) is 35.5 Å². The van der Waals surface area contributed by atoms with Crippen LogP contribution < -0.4 is 5.32 Å². The number of carbonyl (C=O) groups excluding carboxylic acids is 1. The third-order valence-corrected chi connectivity index (χ3v) is 3.55. The number of rotatable bonds is 6. The van der Waals surface area contributed by atoms with Gasteiger partial charge in [0.25, 0.3) is 0 Å². The average molecular weight is 224 g/mol. The van der Waals surface area contributed by atoms with E-state index in [-0.39, 0.29) is 0 Å². The first-order valence-corrected chi connectivity index (χ1v) is 6.60. The third-order valence-electron chi connectivity index (χ3n) is 3.55. The quantitative estimate of drug-likeness (QED) is 0.746. The van der Waals surface area contributed by atoms with E-state index in [4.69, 9.17) is 0 Å². The van der Waals surface area contributed by atoms with Crippen LogP contribution in [0.5, 0.6) is 0 Å². The second-order valence-electron chi connectivity index (χ2n) is 5.79. The molecule has 3 heteroatoms. The van der Waals surface area contributed by atoms with Crippen molar-refractivity contribution >= 4 is 5.91 Å². The van der Waals surface area contributed by atoms with E-state index in [0.717, 1.165) is 19.0 Å². The largest absolute Gasteiger partial charge is 0.338 e. The van der Waals surface area contributed by atoms with Crippen molar-refractivity contribution in [2.24, 2.45) is 5.92 Å². The van der Waals surface area contributed by atoms with Crippen LogP contribution in [0.2, 0.25) is 0 Å². The smallest absolute Gasteiger partial charge is 0.242 e. The lowest BCUT2D eigenvalue weighted by atomic mass is 10.0. The Hall–Kier alpha value is -0.570. The summed E-state index contributed by atoms with van der Waals surface area (Å²) in [5.41, 5.74) is -0.397. The molecule has 0 heterocycles. The first-order valence-electron chi connectivity index (χ1n) is 6.60. The highest BCUT2D eigenvalue weighted by Gasteiger charge is 2.41. The summed E-state index contributed by atoms with van der Waals surface area (Å²) in [6.07, 6.45) is 5.05. The van der Waals surface area contributed by atoms with Crippen molar-refractivity contribution in [3.05, 3.63) is 0 Å². The van der Waals surface area contributed by atoms with E-state index in [9.17, 15) is 4.79 Å². The number of amides is 1. The number of nitrogens with zero attached hydrogens (tertiary/aromatic N) is 1. The van der Waals surface area contributed by atoms with E-state index >= 15 is 0 Å². The fourth-order valence-corrected chi connectivity index (χ4v) is 2.24. The molecular weight excluding hydrogens is 200 g/mol. The molecule has 0 aromatic heterocycles. The maximum atomic E-state index is 12.5. The SMILES string of the molecule is CCNC(C)(C)C(=O)N(CC1CC1)C1CC1. The van der Waals surface area contributed by atoms with Gasteiger partial charge in [-0.25, -0.2) is 0 Å². The molecular formula is C13H24N2O. The summed E-state index contributed by atoms with van der Waals surface area (Å²) in [6, 6.07) is 0.547. The zero-order valence-electron chi connectivity index (χ0n) is 10.8. The van der Waals surface area contributed by atoms with Gasteiger partial charge < -0.3 is 10.2 Å². The molecule has 3 nitrogen and oxygen atoms in total. The second-order valence-corrected chi connectivity index (χ2v) is 5.79. The molecule has 0 bridgehead atoms. The Labute approximate surface area is 98.6 Å². The minimum atomic E-state index is -0.397. The molecule has 0 unspecified atom stereocenters. The predicted molar refractivity (Wildman–Crippen MR) is 65.2 cm³/mol. The third kappa shape index (κ3) is 2.76. The number of hydrogen-bond donors (Lipinski definition) is 1. The first kappa shape index (κ1) is 11.9. The van der Waals surface area contributed by atoms with E-state index in [1.165, 1.54) is 25.7 Å². The minimum Gasteiger partial charge on any atom is -0.338 e. The van der Waals surface area contributed by atoms with E-state index in [1.54, 1.807) is 0 Å². The Morgan fingerprint density at radius 2 is 1.94 bits per heavy atom. The Morgan fingerprint density at radius 1 is 1.31 bits per heavy atom. The molecule has 0 aliphatic heterocycles. The molecule has 16 heavy (non-hydrogen) atoms. The zero-order chi connectivity index (χ0) is 11.8. The maximum absolute atomic E-state index is 12.5. The average Bonchev–Trinajstić information content (AvgIpc) is 3.05. The topological polar surface area (TPSA) is 32.3 Å². The van der Waals surface area contributed by atoms with Crippen LogP contribution in [-0.2, 0) is 4.79 Å². The van der Waals surface area contributed by atoms with Crippen molar-refractivity contribution in [1.29, 1.82) is 0 Å². The summed E-state index contributed by atoms with van der Waals surface area (Å²) in [6.45, 7) is 7.90. The highest BCUT2D eigenvalue weighted by Crippen LogP contribution is 2.35. The highest BCUT2D eigenvalue weighted by atomic mass is 16.2. The maximum Gasteiger partial charge on any atom is 0.242 e. The molecule has 2 fully saturated rings. The standard InChI is InChI=1S/C13H24N2O/c1-4-14-13(2,3)12(16)15(11-7-8-11)9-10-5-6-10/h10-11,14H,4-9H2,1-3H3. The number of nitrogens with one attached hydrogen (secondary N) is 1. The first-order chi connectivity index (χ1) is 7.54. The van der Waals surface area contributed by atoms with Crippen LogP contribution in [0.4, 0.5) is 0 Å². The van der Waals surface area contributed by atoms with Crippen LogP contribution in [0.3, 0.4) is 0 Å². The summed E-state index contributed by atoms with van der Waals surface area (Å²) in [5.74, 6) is 1.09. The Bertz CT molecular complexity index is 267. The van der Waals surface area contributed by atoms with Gasteiger partial charge in [0.05, 0.1) is 5.54 Å². The number of hydrogen-bond acceptors (Lipinski definition) is 2. The monoisotopic (exact) mass is 224 g/mol. The molecule has 2 aliphatic carbocycles. The van der Waals surface area contributed by atoms with Crippen molar-refractivity contribution in [2.45, 2.75) is 58.0 Å². The van der Waals surface area contributed by atoms with Gasteiger partial charge in [0, 0.05) is 12.6 Å². The zero-order valence-corrected chi connectivity index (χ0v) is 10.8. The number of carbonyl (C=O) groups is 1. The summed E-state index contributed by atoms with van der Waals surface area (Å²) >= 11 is 0. The lowest BCUT2D eigenvalue weighted by Gasteiger charge is -2.32. The summed E-state index contributed by atoms with van der Waals surface area (Å²) < 4.78 is 0. The molecule has 92 valence electrons. The van der Waals surface area contributed by atoms with Crippen LogP contribution in [0, 0.1) is 5.92 Å². The molecule has 0 aromatic rings. The van der Waals surface area contributed by atoms with Gasteiger partial charge in [0.15, 0.2) is 0 Å². The van der Waals surface area contributed by atoms with E-state index < -0.39 is 5.54 Å². The van der Waals surface area contributed by atoms with Crippen LogP contribution in [0.15, 0.2) is 0 Å². The van der Waals surface area contributed by atoms with E-state index in [1.807, 2.05) is 13.8 Å². The molecule has 2 aliphatic rings. The Kier molecular flexibility index (Phi) is 3.24. The Morgan fingerprint density at radius 3 is 2.38 bits per heavy atom. The molecule has 0 radical (unpaired) electrons. The van der Waals surface area contributed by atoms with E-state index in [0.29, 0.717) is 11.9 Å². The van der Waals surface area contributed by atoms with Crippen molar-refractivity contribution in [2.75, 3.05) is 13.1 Å². The van der Waals surface area contributed by atoms with Crippen LogP contribution >= 0.6 is 0 Å². The highest BCUT2D eigenvalue weighted by molar-refractivity contribution is 5.86. The van der Waals surface area contributed by atoms with Crippen LogP contribution in [0.1, 0.15) is 46.5 Å². The second kappa shape index (κ2) is 4.36. The fraction of sp³-hybridized carbons (Fsp3) is 0.923. The van der Waals surface area contributed by atoms with Gasteiger partial charge in [0.1, 0.15) is 0 Å². The van der Waals surface area contributed by atoms with Gasteiger partial charge >= 0.3 is 0 Å². The van der Waals surface area contributed by atoms with Crippen molar-refractivity contribution < 1.29 is 4.79 Å². The predicted octanol–water partition coefficient (Wildman–Crippen LogP) is 1.78. The molecule has 2 saturated carbocycles. The van der Waals surface area contributed by atoms with Crippen molar-refractivity contribution in [1.82, 2.24) is 10.2 Å². The molecule has 0 atom stereocenters. The summed E-state index contributed by atoms with van der Waals surface area (Å²) in [5, 5.41) is 3.29. The number of likely N-dealkylation sites (N-methyl/N-ethyl adjacent to an activating group) is 1. The van der Waals surface area contributed by atoms with Crippen LogP contribution in [0.25, 0.3) is 0 Å². The van der Waals surface area contributed by atoms with Gasteiger partial charge in [-0.3, -0.25) is 4.79 Å². The van der Waals surface area contributed by atoms with Gasteiger partial charge in [-0.2, -0.15) is 0 Å². The molecule has 0 aromatic carbocycles. The summed E-state index contributed by atoms with van der Waals surface area (Å²) in [7, 11) is 0. The lowest BCUT2D eigenvalue weighted by Crippen LogP contribution is -2.55. The van der Waals surface area contributed by atoms with Gasteiger partial charge in [0.2, 0.25) is 5.91 Å². The molecule has 2 rings (SSSR count). The summed E-state index contributed by atoms with van der Waals surface area (Å²) in [4.78, 5) is 14.6. The normalized spacial score (nSPS) is 20.9.